The first-order valence-corrected chi connectivity index (χ1v) is 9.02. The molecule has 2 saturated carbocycles. The monoisotopic (exact) mass is 423 g/mol. The lowest BCUT2D eigenvalue weighted by molar-refractivity contribution is 0.0281. The first kappa shape index (κ1) is 20.0. The fraction of sp³-hybridized carbons (Fsp3) is 0.941. The highest BCUT2D eigenvalue weighted by Crippen LogP contribution is 2.20. The fourth-order valence-corrected chi connectivity index (χ4v) is 3.42. The van der Waals surface area contributed by atoms with E-state index in [1.165, 1.54) is 70.6 Å². The lowest BCUT2D eigenvalue weighted by atomic mass is 9.98. The lowest BCUT2D eigenvalue weighted by Gasteiger charge is -2.21. The van der Waals surface area contributed by atoms with Gasteiger partial charge in [-0.05, 0) is 32.1 Å². The molecule has 2 fully saturated rings. The van der Waals surface area contributed by atoms with E-state index in [9.17, 15) is 0 Å². The predicted molar refractivity (Wildman–Crippen MR) is 104 cm³/mol. The van der Waals surface area contributed by atoms with E-state index in [4.69, 9.17) is 10.5 Å². The van der Waals surface area contributed by atoms with Crippen molar-refractivity contribution in [3.05, 3.63) is 0 Å². The summed E-state index contributed by atoms with van der Waals surface area (Å²) < 4.78 is 5.90. The number of nitrogens with zero attached hydrogens (tertiary/aromatic N) is 1. The molecule has 2 aliphatic carbocycles. The number of rotatable bonds is 6. The van der Waals surface area contributed by atoms with Crippen LogP contribution in [0.3, 0.4) is 0 Å². The number of guanidine groups is 1. The van der Waals surface area contributed by atoms with Crippen LogP contribution in [0.2, 0.25) is 0 Å². The van der Waals surface area contributed by atoms with E-state index in [2.05, 4.69) is 10.3 Å². The summed E-state index contributed by atoms with van der Waals surface area (Å²) in [7, 11) is 0. The predicted octanol–water partition coefficient (Wildman–Crippen LogP) is 3.97. The molecule has 0 atom stereocenters. The molecule has 3 N–H and O–H groups in total. The Bertz CT molecular complexity index is 298. The maximum atomic E-state index is 5.98. The summed E-state index contributed by atoms with van der Waals surface area (Å²) in [5.41, 5.74) is 5.98. The van der Waals surface area contributed by atoms with Crippen LogP contribution in [-0.2, 0) is 4.74 Å². The molecule has 0 aliphatic heterocycles. The van der Waals surface area contributed by atoms with Crippen molar-refractivity contribution in [2.75, 3.05) is 13.2 Å². The maximum absolute atomic E-state index is 5.98. The Hall–Kier alpha value is -0.0400. The molecule has 130 valence electrons. The summed E-state index contributed by atoms with van der Waals surface area (Å²) in [5, 5.41) is 3.39. The Labute approximate surface area is 153 Å². The molecule has 22 heavy (non-hydrogen) atoms. The van der Waals surface area contributed by atoms with Crippen molar-refractivity contribution in [1.29, 1.82) is 0 Å². The Morgan fingerprint density at radius 3 is 2.23 bits per heavy atom. The van der Waals surface area contributed by atoms with Crippen LogP contribution in [0.4, 0.5) is 0 Å². The van der Waals surface area contributed by atoms with Gasteiger partial charge >= 0.3 is 0 Å². The molecule has 0 aromatic rings. The summed E-state index contributed by atoms with van der Waals surface area (Å²) in [4.78, 5) is 4.43. The van der Waals surface area contributed by atoms with Gasteiger partial charge in [-0.1, -0.05) is 44.9 Å². The largest absolute Gasteiger partial charge is 0.378 e. The minimum Gasteiger partial charge on any atom is -0.378 e. The standard InChI is InChI=1S/C17H33N3O.HI/c18-17(20-15-9-4-1-2-5-10-15)19-13-8-14-21-16-11-6-3-7-12-16;/h15-16H,1-14H2,(H3,18,19,20);1H. The second-order valence-electron chi connectivity index (χ2n) is 6.58. The van der Waals surface area contributed by atoms with E-state index >= 15 is 0 Å². The van der Waals surface area contributed by atoms with Gasteiger partial charge in [0, 0.05) is 19.2 Å². The number of aliphatic imine (C=N–C) groups is 1. The van der Waals surface area contributed by atoms with Gasteiger partial charge in [-0.25, -0.2) is 0 Å². The third-order valence-electron chi connectivity index (χ3n) is 4.70. The van der Waals surface area contributed by atoms with Gasteiger partial charge in [0.15, 0.2) is 5.96 Å². The van der Waals surface area contributed by atoms with Crippen molar-refractivity contribution in [2.24, 2.45) is 10.7 Å². The first-order valence-electron chi connectivity index (χ1n) is 9.02. The van der Waals surface area contributed by atoms with Gasteiger partial charge in [0.05, 0.1) is 6.10 Å². The smallest absolute Gasteiger partial charge is 0.188 e. The zero-order valence-electron chi connectivity index (χ0n) is 13.9. The Kier molecular flexibility index (Phi) is 11.3. The van der Waals surface area contributed by atoms with Crippen LogP contribution >= 0.6 is 24.0 Å². The van der Waals surface area contributed by atoms with Crippen LogP contribution in [0.5, 0.6) is 0 Å². The number of ether oxygens (including phenoxy) is 1. The normalized spacial score (nSPS) is 21.9. The molecule has 0 bridgehead atoms. The minimum absolute atomic E-state index is 0. The average Bonchev–Trinajstić information content (AvgIpc) is 2.76. The van der Waals surface area contributed by atoms with Gasteiger partial charge in [-0.3, -0.25) is 4.99 Å². The van der Waals surface area contributed by atoms with Gasteiger partial charge in [-0.15, -0.1) is 24.0 Å². The van der Waals surface area contributed by atoms with Crippen molar-refractivity contribution in [2.45, 2.75) is 89.2 Å². The van der Waals surface area contributed by atoms with E-state index in [0.717, 1.165) is 19.6 Å². The van der Waals surface area contributed by atoms with E-state index < -0.39 is 0 Å². The summed E-state index contributed by atoms with van der Waals surface area (Å²) >= 11 is 0. The number of hydrogen-bond acceptors (Lipinski definition) is 2. The van der Waals surface area contributed by atoms with Gasteiger partial charge < -0.3 is 15.8 Å². The molecule has 0 spiro atoms. The molecule has 0 aromatic heterocycles. The topological polar surface area (TPSA) is 59.6 Å². The second kappa shape index (κ2) is 12.4. The molecule has 2 rings (SSSR count). The molecule has 0 saturated heterocycles. The van der Waals surface area contributed by atoms with Crippen LogP contribution in [0.15, 0.2) is 4.99 Å². The highest BCUT2D eigenvalue weighted by molar-refractivity contribution is 14.0. The molecule has 2 aliphatic rings. The molecule has 0 radical (unpaired) electrons. The quantitative estimate of drug-likeness (QED) is 0.224. The van der Waals surface area contributed by atoms with E-state index in [1.54, 1.807) is 0 Å². The molecule has 4 nitrogen and oxygen atoms in total. The molecule has 0 aromatic carbocycles. The Balaban J connectivity index is 0.00000242. The molecule has 0 amide bonds. The third kappa shape index (κ3) is 8.56. The number of hydrogen-bond donors (Lipinski definition) is 2. The molecular formula is C17H34IN3O. The van der Waals surface area contributed by atoms with E-state index in [-0.39, 0.29) is 24.0 Å². The first-order chi connectivity index (χ1) is 10.3. The van der Waals surface area contributed by atoms with Gasteiger partial charge in [-0.2, -0.15) is 0 Å². The van der Waals surface area contributed by atoms with Gasteiger partial charge in [0.1, 0.15) is 0 Å². The van der Waals surface area contributed by atoms with Crippen LogP contribution in [0.25, 0.3) is 0 Å². The lowest BCUT2D eigenvalue weighted by Crippen LogP contribution is -2.39. The van der Waals surface area contributed by atoms with Crippen molar-refractivity contribution in [1.82, 2.24) is 5.32 Å². The summed E-state index contributed by atoms with van der Waals surface area (Å²) in [6, 6.07) is 0.537. The molecule has 5 heteroatoms. The van der Waals surface area contributed by atoms with Crippen LogP contribution in [0.1, 0.15) is 77.0 Å². The van der Waals surface area contributed by atoms with Crippen LogP contribution < -0.4 is 11.1 Å². The third-order valence-corrected chi connectivity index (χ3v) is 4.70. The average molecular weight is 423 g/mol. The highest BCUT2D eigenvalue weighted by atomic mass is 127. The maximum Gasteiger partial charge on any atom is 0.188 e. The van der Waals surface area contributed by atoms with E-state index in [0.29, 0.717) is 18.1 Å². The molecule has 0 heterocycles. The summed E-state index contributed by atoms with van der Waals surface area (Å²) in [6.45, 7) is 1.60. The minimum atomic E-state index is 0. The summed E-state index contributed by atoms with van der Waals surface area (Å²) in [5.74, 6) is 0.625. The van der Waals surface area contributed by atoms with Crippen molar-refractivity contribution in [3.8, 4) is 0 Å². The number of nitrogens with one attached hydrogen (secondary N) is 1. The van der Waals surface area contributed by atoms with Crippen molar-refractivity contribution < 1.29 is 4.74 Å². The number of halogens is 1. The Morgan fingerprint density at radius 1 is 0.955 bits per heavy atom. The summed E-state index contributed by atoms with van der Waals surface area (Å²) in [6.07, 6.45) is 15.9. The molecule has 0 unspecified atom stereocenters. The van der Waals surface area contributed by atoms with Gasteiger partial charge in [0.25, 0.3) is 0 Å². The zero-order chi connectivity index (χ0) is 14.8. The Morgan fingerprint density at radius 2 is 1.55 bits per heavy atom. The van der Waals surface area contributed by atoms with Crippen LogP contribution in [-0.4, -0.2) is 31.3 Å². The zero-order valence-corrected chi connectivity index (χ0v) is 16.2. The SMILES string of the molecule is I.NC(=NCCCOC1CCCCC1)NC1CCCCCC1. The molecular weight excluding hydrogens is 389 g/mol. The second-order valence-corrected chi connectivity index (χ2v) is 6.58. The van der Waals surface area contributed by atoms with Crippen molar-refractivity contribution >= 4 is 29.9 Å². The van der Waals surface area contributed by atoms with Crippen LogP contribution in [0, 0.1) is 0 Å². The van der Waals surface area contributed by atoms with Gasteiger partial charge in [0.2, 0.25) is 0 Å². The fourth-order valence-electron chi connectivity index (χ4n) is 3.42. The van der Waals surface area contributed by atoms with Crippen molar-refractivity contribution in [3.63, 3.8) is 0 Å². The van der Waals surface area contributed by atoms with E-state index in [1.807, 2.05) is 0 Å². The highest BCUT2D eigenvalue weighted by Gasteiger charge is 2.13. The number of nitrogens with two attached hydrogens (primary N) is 1.